The van der Waals surface area contributed by atoms with Crippen molar-refractivity contribution in [1.82, 2.24) is 0 Å². The molecule has 0 saturated carbocycles. The number of thioether (sulfide) groups is 1. The molecule has 0 bridgehead atoms. The van der Waals surface area contributed by atoms with E-state index in [9.17, 15) is 9.59 Å². The maximum atomic E-state index is 12.8. The molecule has 1 atom stereocenters. The molecule has 0 saturated heterocycles. The maximum Gasteiger partial charge on any atom is 0.236 e. The average Bonchev–Trinajstić information content (AvgIpc) is 2.89. The Balaban J connectivity index is 1.16. The van der Waals surface area contributed by atoms with E-state index < -0.39 is 5.92 Å². The van der Waals surface area contributed by atoms with Gasteiger partial charge in [-0.3, -0.25) is 9.59 Å². The lowest BCUT2D eigenvalue weighted by Crippen LogP contribution is -2.34. The summed E-state index contributed by atoms with van der Waals surface area (Å²) in [5, 5.41) is 2.92. The van der Waals surface area contributed by atoms with Gasteiger partial charge in [0.15, 0.2) is 5.78 Å². The van der Waals surface area contributed by atoms with E-state index in [4.69, 9.17) is 0 Å². The van der Waals surface area contributed by atoms with Crippen molar-refractivity contribution in [3.63, 3.8) is 0 Å². The van der Waals surface area contributed by atoms with Gasteiger partial charge in [0.2, 0.25) is 5.91 Å². The second-order valence-electron chi connectivity index (χ2n) is 8.47. The van der Waals surface area contributed by atoms with Crippen LogP contribution < -0.4 is 5.32 Å². The molecule has 3 nitrogen and oxygen atoms in total. The van der Waals surface area contributed by atoms with Gasteiger partial charge in [0.05, 0.1) is 0 Å². The van der Waals surface area contributed by atoms with Crippen LogP contribution in [0.25, 0.3) is 11.1 Å². The smallest absolute Gasteiger partial charge is 0.236 e. The summed E-state index contributed by atoms with van der Waals surface area (Å²) in [4.78, 5) is 26.5. The standard InChI is InChI=1S/C30H25NO2S/c32-29-26-8-4-5-9-28(26)34-20-27(29)30(33)31-25-18-14-22(15-19-25)11-10-21-12-16-24(17-13-21)23-6-2-1-3-7-23/h1-9,12-19,27H,10-11,20H2,(H,31,33). The molecule has 1 aliphatic heterocycles. The van der Waals surface area contributed by atoms with Crippen molar-refractivity contribution in [2.75, 3.05) is 11.1 Å². The number of aryl methyl sites for hydroxylation is 2. The van der Waals surface area contributed by atoms with Crippen molar-refractivity contribution < 1.29 is 9.59 Å². The number of Topliss-reactive ketones (excluding diaryl/α,β-unsaturated/α-hetero) is 1. The van der Waals surface area contributed by atoms with E-state index in [2.05, 4.69) is 53.8 Å². The number of amides is 1. The molecular weight excluding hydrogens is 438 g/mol. The Bertz CT molecular complexity index is 1300. The van der Waals surface area contributed by atoms with Gasteiger partial charge in [0.25, 0.3) is 0 Å². The quantitative estimate of drug-likeness (QED) is 0.324. The van der Waals surface area contributed by atoms with Crippen LogP contribution in [0, 0.1) is 5.92 Å². The Morgan fingerprint density at radius 2 is 1.32 bits per heavy atom. The van der Waals surface area contributed by atoms with Gasteiger partial charge in [-0.15, -0.1) is 11.8 Å². The minimum atomic E-state index is -0.654. The van der Waals surface area contributed by atoms with Crippen LogP contribution in [0.2, 0.25) is 0 Å². The lowest BCUT2D eigenvalue weighted by Gasteiger charge is -2.22. The molecule has 0 spiro atoms. The zero-order valence-electron chi connectivity index (χ0n) is 18.7. The number of rotatable bonds is 6. The fraction of sp³-hybridized carbons (Fsp3) is 0.133. The highest BCUT2D eigenvalue weighted by molar-refractivity contribution is 7.99. The van der Waals surface area contributed by atoms with E-state index in [1.165, 1.54) is 22.3 Å². The fourth-order valence-electron chi connectivity index (χ4n) is 4.19. The van der Waals surface area contributed by atoms with Crippen LogP contribution in [0.1, 0.15) is 21.5 Å². The monoisotopic (exact) mass is 463 g/mol. The van der Waals surface area contributed by atoms with Gasteiger partial charge >= 0.3 is 0 Å². The van der Waals surface area contributed by atoms with Gasteiger partial charge < -0.3 is 5.32 Å². The van der Waals surface area contributed by atoms with Crippen molar-refractivity contribution in [3.8, 4) is 11.1 Å². The first-order valence-electron chi connectivity index (χ1n) is 11.5. The van der Waals surface area contributed by atoms with Crippen molar-refractivity contribution in [3.05, 3.63) is 120 Å². The van der Waals surface area contributed by atoms with E-state index in [0.29, 0.717) is 11.3 Å². The topological polar surface area (TPSA) is 46.2 Å². The van der Waals surface area contributed by atoms with Gasteiger partial charge in [0.1, 0.15) is 5.92 Å². The Labute approximate surface area is 204 Å². The van der Waals surface area contributed by atoms with Crippen LogP contribution in [-0.2, 0) is 17.6 Å². The Morgan fingerprint density at radius 3 is 2.03 bits per heavy atom. The van der Waals surface area contributed by atoms with E-state index in [1.807, 2.05) is 48.5 Å². The Kier molecular flexibility index (Phi) is 6.59. The van der Waals surface area contributed by atoms with Crippen molar-refractivity contribution in [2.24, 2.45) is 5.92 Å². The molecule has 0 aromatic heterocycles. The fourth-order valence-corrected chi connectivity index (χ4v) is 5.34. The van der Waals surface area contributed by atoms with Crippen LogP contribution in [-0.4, -0.2) is 17.4 Å². The van der Waals surface area contributed by atoms with Gasteiger partial charge in [-0.05, 0) is 53.3 Å². The van der Waals surface area contributed by atoms with Crippen LogP contribution in [0.15, 0.2) is 108 Å². The largest absolute Gasteiger partial charge is 0.325 e. The number of nitrogens with one attached hydrogen (secondary N) is 1. The third kappa shape index (κ3) is 4.97. The highest BCUT2D eigenvalue weighted by atomic mass is 32.2. The second-order valence-corrected chi connectivity index (χ2v) is 9.53. The predicted molar refractivity (Wildman–Crippen MR) is 139 cm³/mol. The first-order chi connectivity index (χ1) is 16.7. The summed E-state index contributed by atoms with van der Waals surface area (Å²) >= 11 is 1.56. The van der Waals surface area contributed by atoms with Crippen molar-refractivity contribution in [2.45, 2.75) is 17.7 Å². The molecule has 1 unspecified atom stereocenters. The molecule has 1 N–H and O–H groups in total. The lowest BCUT2D eigenvalue weighted by molar-refractivity contribution is -0.118. The predicted octanol–water partition coefficient (Wildman–Crippen LogP) is 6.68. The Morgan fingerprint density at radius 1 is 0.735 bits per heavy atom. The minimum absolute atomic E-state index is 0.0956. The van der Waals surface area contributed by atoms with Gasteiger partial charge in [0, 0.05) is 21.9 Å². The zero-order valence-corrected chi connectivity index (χ0v) is 19.6. The van der Waals surface area contributed by atoms with Gasteiger partial charge in [-0.2, -0.15) is 0 Å². The summed E-state index contributed by atoms with van der Waals surface area (Å²) < 4.78 is 0. The highest BCUT2D eigenvalue weighted by Crippen LogP contribution is 2.33. The number of ketones is 1. The zero-order chi connectivity index (χ0) is 23.3. The van der Waals surface area contributed by atoms with Crippen LogP contribution >= 0.6 is 11.8 Å². The van der Waals surface area contributed by atoms with E-state index in [-0.39, 0.29) is 11.7 Å². The normalized spacial score (nSPS) is 14.9. The summed E-state index contributed by atoms with van der Waals surface area (Å²) in [6.45, 7) is 0. The number of fused-ring (bicyclic) bond motifs is 1. The SMILES string of the molecule is O=C(Nc1ccc(CCc2ccc(-c3ccccc3)cc2)cc1)C1CSc2ccccc2C1=O. The number of carbonyl (C=O) groups excluding carboxylic acids is 2. The molecular formula is C30H25NO2S. The molecule has 0 fully saturated rings. The molecule has 5 rings (SSSR count). The molecule has 4 heteroatoms. The van der Waals surface area contributed by atoms with E-state index in [0.717, 1.165) is 23.4 Å². The molecule has 0 aliphatic carbocycles. The number of hydrogen-bond donors (Lipinski definition) is 1. The lowest BCUT2D eigenvalue weighted by atomic mass is 9.97. The molecule has 4 aromatic carbocycles. The van der Waals surface area contributed by atoms with Crippen molar-refractivity contribution in [1.29, 1.82) is 0 Å². The molecule has 1 aliphatic rings. The summed E-state index contributed by atoms with van der Waals surface area (Å²) in [5.41, 5.74) is 6.32. The highest BCUT2D eigenvalue weighted by Gasteiger charge is 2.33. The van der Waals surface area contributed by atoms with Crippen LogP contribution in [0.5, 0.6) is 0 Å². The summed E-state index contributed by atoms with van der Waals surface area (Å²) in [6, 6.07) is 34.5. The average molecular weight is 464 g/mol. The van der Waals surface area contributed by atoms with E-state index >= 15 is 0 Å². The molecule has 1 heterocycles. The summed E-state index contributed by atoms with van der Waals surface area (Å²) in [6.07, 6.45) is 1.88. The molecule has 168 valence electrons. The first kappa shape index (κ1) is 22.2. The second kappa shape index (κ2) is 10.1. The molecule has 1 amide bonds. The minimum Gasteiger partial charge on any atom is -0.325 e. The number of carbonyl (C=O) groups is 2. The number of benzene rings is 4. The molecule has 0 radical (unpaired) electrons. The molecule has 4 aromatic rings. The number of hydrogen-bond acceptors (Lipinski definition) is 3. The molecule has 34 heavy (non-hydrogen) atoms. The number of anilines is 1. The third-order valence-electron chi connectivity index (χ3n) is 6.18. The van der Waals surface area contributed by atoms with E-state index in [1.54, 1.807) is 17.8 Å². The van der Waals surface area contributed by atoms with Crippen LogP contribution in [0.4, 0.5) is 5.69 Å². The third-order valence-corrected chi connectivity index (χ3v) is 7.34. The van der Waals surface area contributed by atoms with Crippen molar-refractivity contribution >= 4 is 29.1 Å². The van der Waals surface area contributed by atoms with Gasteiger partial charge in [-0.25, -0.2) is 0 Å². The van der Waals surface area contributed by atoms with Gasteiger partial charge in [-0.1, -0.05) is 84.9 Å². The Hall–Kier alpha value is -3.63. The first-order valence-corrected chi connectivity index (χ1v) is 12.5. The summed E-state index contributed by atoms with van der Waals surface area (Å²) in [5.74, 6) is -0.513. The maximum absolute atomic E-state index is 12.8. The summed E-state index contributed by atoms with van der Waals surface area (Å²) in [7, 11) is 0. The van der Waals surface area contributed by atoms with Crippen LogP contribution in [0.3, 0.4) is 0 Å².